The van der Waals surface area contributed by atoms with Crippen molar-refractivity contribution >= 4 is 23.8 Å². The third-order valence-corrected chi connectivity index (χ3v) is 7.10. The van der Waals surface area contributed by atoms with Crippen molar-refractivity contribution in [3.63, 3.8) is 0 Å². The average molecular weight is 591 g/mol. The van der Waals surface area contributed by atoms with Crippen LogP contribution in [0.1, 0.15) is 25.1 Å². The lowest BCUT2D eigenvalue weighted by atomic mass is 9.88. The smallest absolute Gasteiger partial charge is 0.374 e. The van der Waals surface area contributed by atoms with Gasteiger partial charge in [-0.1, -0.05) is 36.4 Å². The molecule has 2 aromatic rings. The number of amides is 5. The molecular weight excluding hydrogens is 557 g/mol. The van der Waals surface area contributed by atoms with Crippen LogP contribution in [0.2, 0.25) is 0 Å². The molecule has 2 aliphatic heterocycles. The molecule has 2 atom stereocenters. The SMILES string of the molecule is CC(C)(N)C(=O)N[C@H](COCc1ccccc1)C(=O)N1CCN2C(=O)N(CC(F)(F)F)C(=O)[C@@]2(Cc2ccccn2)C1. The zero-order chi connectivity index (χ0) is 30.7. The van der Waals surface area contributed by atoms with Gasteiger partial charge in [-0.25, -0.2) is 4.79 Å². The summed E-state index contributed by atoms with van der Waals surface area (Å²) in [6.07, 6.45) is -3.57. The molecule has 5 amide bonds. The van der Waals surface area contributed by atoms with Crippen LogP contribution in [0.4, 0.5) is 18.0 Å². The van der Waals surface area contributed by atoms with Gasteiger partial charge in [0.15, 0.2) is 0 Å². The molecule has 1 aromatic carbocycles. The minimum Gasteiger partial charge on any atom is -0.374 e. The van der Waals surface area contributed by atoms with E-state index < -0.39 is 60.1 Å². The lowest BCUT2D eigenvalue weighted by Crippen LogP contribution is -2.67. The van der Waals surface area contributed by atoms with Crippen LogP contribution in [0.15, 0.2) is 54.7 Å². The number of alkyl halides is 3. The molecule has 42 heavy (non-hydrogen) atoms. The standard InChI is InChI=1S/C28H33F3N6O5/c1-26(2,32)23(39)34-21(16-42-15-19-8-4-3-5-9-19)22(38)35-12-13-37-25(41)36(18-28(29,30)31)24(40)27(37,17-35)14-20-10-6-7-11-33-20/h3-11,21H,12-18,32H2,1-2H3,(H,34,39)/t21-,27-/m1/s1. The Hall–Kier alpha value is -4.04. The second-order valence-electron chi connectivity index (χ2n) is 11.0. The number of rotatable bonds is 10. The molecule has 0 radical (unpaired) electrons. The number of nitrogens with zero attached hydrogens (tertiary/aromatic N) is 4. The Balaban J connectivity index is 1.61. The van der Waals surface area contributed by atoms with Crippen molar-refractivity contribution in [2.24, 2.45) is 5.73 Å². The average Bonchev–Trinajstić information content (AvgIpc) is 3.12. The molecule has 14 heteroatoms. The Kier molecular flexibility index (Phi) is 8.87. The largest absolute Gasteiger partial charge is 0.406 e. The van der Waals surface area contributed by atoms with Gasteiger partial charge in [0.1, 0.15) is 18.1 Å². The molecule has 1 aromatic heterocycles. The quantitative estimate of drug-likeness (QED) is 0.400. The molecule has 3 heterocycles. The number of nitrogens with one attached hydrogen (secondary N) is 1. The molecule has 4 rings (SSSR count). The summed E-state index contributed by atoms with van der Waals surface area (Å²) >= 11 is 0. The first kappa shape index (κ1) is 30.9. The predicted octanol–water partition coefficient (Wildman–Crippen LogP) is 1.47. The molecule has 2 fully saturated rings. The summed E-state index contributed by atoms with van der Waals surface area (Å²) in [6.45, 7) is 0.388. The lowest BCUT2D eigenvalue weighted by Gasteiger charge is -2.45. The van der Waals surface area contributed by atoms with Crippen LogP contribution in [0.5, 0.6) is 0 Å². The number of fused-ring (bicyclic) bond motifs is 1. The van der Waals surface area contributed by atoms with E-state index in [2.05, 4.69) is 10.3 Å². The molecular formula is C28H33F3N6O5. The summed E-state index contributed by atoms with van der Waals surface area (Å²) in [5.74, 6) is -2.33. The van der Waals surface area contributed by atoms with E-state index in [-0.39, 0.29) is 37.6 Å². The number of hydrogen-bond donors (Lipinski definition) is 2. The molecule has 3 N–H and O–H groups in total. The normalized spacial score (nSPS) is 20.0. The van der Waals surface area contributed by atoms with E-state index in [1.54, 1.807) is 18.2 Å². The van der Waals surface area contributed by atoms with Gasteiger partial charge in [0.05, 0.1) is 25.3 Å². The second-order valence-corrected chi connectivity index (χ2v) is 11.0. The fraction of sp³-hybridized carbons (Fsp3) is 0.464. The number of benzene rings is 1. The van der Waals surface area contributed by atoms with Crippen molar-refractivity contribution in [1.29, 1.82) is 0 Å². The van der Waals surface area contributed by atoms with Gasteiger partial charge in [0.25, 0.3) is 5.91 Å². The number of urea groups is 1. The van der Waals surface area contributed by atoms with Crippen LogP contribution < -0.4 is 11.1 Å². The van der Waals surface area contributed by atoms with Crippen molar-refractivity contribution in [3.8, 4) is 0 Å². The first-order chi connectivity index (χ1) is 19.7. The number of pyridine rings is 1. The van der Waals surface area contributed by atoms with Crippen molar-refractivity contribution < 1.29 is 37.1 Å². The van der Waals surface area contributed by atoms with Gasteiger partial charge in [0.2, 0.25) is 11.8 Å². The van der Waals surface area contributed by atoms with E-state index >= 15 is 0 Å². The maximum atomic E-state index is 13.9. The van der Waals surface area contributed by atoms with Gasteiger partial charge in [0, 0.05) is 31.4 Å². The van der Waals surface area contributed by atoms with Crippen molar-refractivity contribution in [2.75, 3.05) is 32.8 Å². The van der Waals surface area contributed by atoms with Gasteiger partial charge in [-0.05, 0) is 31.5 Å². The van der Waals surface area contributed by atoms with Crippen LogP contribution in [0.3, 0.4) is 0 Å². The summed E-state index contributed by atoms with van der Waals surface area (Å²) in [5, 5.41) is 2.60. The van der Waals surface area contributed by atoms with E-state index in [0.29, 0.717) is 5.69 Å². The van der Waals surface area contributed by atoms with Crippen LogP contribution >= 0.6 is 0 Å². The van der Waals surface area contributed by atoms with Gasteiger partial charge in [-0.2, -0.15) is 13.2 Å². The summed E-state index contributed by atoms with van der Waals surface area (Å²) in [4.78, 5) is 60.0. The van der Waals surface area contributed by atoms with E-state index in [9.17, 15) is 32.3 Å². The predicted molar refractivity (Wildman–Crippen MR) is 143 cm³/mol. The molecule has 0 unspecified atom stereocenters. The van der Waals surface area contributed by atoms with Crippen molar-refractivity contribution in [1.82, 2.24) is 25.0 Å². The highest BCUT2D eigenvalue weighted by Gasteiger charge is 2.61. The number of nitrogens with two attached hydrogens (primary N) is 1. The summed E-state index contributed by atoms with van der Waals surface area (Å²) in [5.41, 5.74) is 3.96. The lowest BCUT2D eigenvalue weighted by molar-refractivity contribution is -0.157. The molecule has 226 valence electrons. The number of halogens is 3. The second kappa shape index (κ2) is 12.1. The first-order valence-corrected chi connectivity index (χ1v) is 13.3. The van der Waals surface area contributed by atoms with Crippen LogP contribution in [-0.2, 0) is 32.1 Å². The molecule has 0 saturated carbocycles. The van der Waals surface area contributed by atoms with Gasteiger partial charge in [-0.15, -0.1) is 0 Å². The molecule has 0 bridgehead atoms. The molecule has 0 aliphatic carbocycles. The minimum atomic E-state index is -4.82. The van der Waals surface area contributed by atoms with Gasteiger partial charge >= 0.3 is 12.2 Å². The Morgan fingerprint density at radius 2 is 1.79 bits per heavy atom. The maximum absolute atomic E-state index is 13.9. The highest BCUT2D eigenvalue weighted by Crippen LogP contribution is 2.36. The van der Waals surface area contributed by atoms with E-state index in [0.717, 1.165) is 10.5 Å². The number of carbonyl (C=O) groups excluding carboxylic acids is 4. The van der Waals surface area contributed by atoms with Crippen LogP contribution in [-0.4, -0.2) is 99.5 Å². The molecule has 0 spiro atoms. The fourth-order valence-corrected chi connectivity index (χ4v) is 5.00. The maximum Gasteiger partial charge on any atom is 0.406 e. The minimum absolute atomic E-state index is 0.0846. The number of carbonyl (C=O) groups is 4. The first-order valence-electron chi connectivity index (χ1n) is 13.3. The van der Waals surface area contributed by atoms with Gasteiger partial charge in [-0.3, -0.25) is 24.3 Å². The van der Waals surface area contributed by atoms with E-state index in [4.69, 9.17) is 10.5 Å². The Labute approximate surface area is 240 Å². The summed E-state index contributed by atoms with van der Waals surface area (Å²) < 4.78 is 45.8. The Bertz CT molecular complexity index is 1300. The van der Waals surface area contributed by atoms with E-state index in [1.165, 1.54) is 24.9 Å². The summed E-state index contributed by atoms with van der Waals surface area (Å²) in [7, 11) is 0. The topological polar surface area (TPSA) is 138 Å². The number of imide groups is 1. The van der Waals surface area contributed by atoms with Gasteiger partial charge < -0.3 is 25.6 Å². The zero-order valence-electron chi connectivity index (χ0n) is 23.3. The monoisotopic (exact) mass is 590 g/mol. The molecule has 2 saturated heterocycles. The number of ether oxygens (including phenoxy) is 1. The third-order valence-electron chi connectivity index (χ3n) is 7.10. The van der Waals surface area contributed by atoms with Crippen LogP contribution in [0, 0.1) is 0 Å². The van der Waals surface area contributed by atoms with Crippen molar-refractivity contribution in [2.45, 2.75) is 50.2 Å². The number of hydrogen-bond acceptors (Lipinski definition) is 7. The molecule has 11 nitrogen and oxygen atoms in total. The van der Waals surface area contributed by atoms with Crippen LogP contribution in [0.25, 0.3) is 0 Å². The summed E-state index contributed by atoms with van der Waals surface area (Å²) in [6, 6.07) is 11.7. The number of aromatic nitrogens is 1. The van der Waals surface area contributed by atoms with Crippen molar-refractivity contribution in [3.05, 3.63) is 66.0 Å². The number of piperazine rings is 1. The fourth-order valence-electron chi connectivity index (χ4n) is 5.00. The Morgan fingerprint density at radius 3 is 2.40 bits per heavy atom. The third kappa shape index (κ3) is 6.87. The Morgan fingerprint density at radius 1 is 1.10 bits per heavy atom. The molecule has 2 aliphatic rings. The highest BCUT2D eigenvalue weighted by molar-refractivity contribution is 6.08. The highest BCUT2D eigenvalue weighted by atomic mass is 19.4. The van der Waals surface area contributed by atoms with E-state index in [1.807, 2.05) is 30.3 Å². The zero-order valence-corrected chi connectivity index (χ0v) is 23.3.